The second-order valence-corrected chi connectivity index (χ2v) is 4.82. The molecule has 0 heterocycles. The van der Waals surface area contributed by atoms with E-state index in [4.69, 9.17) is 5.73 Å². The van der Waals surface area contributed by atoms with Crippen molar-refractivity contribution < 1.29 is 9.59 Å². The Morgan fingerprint density at radius 3 is 2.73 bits per heavy atom. The fourth-order valence-electron chi connectivity index (χ4n) is 0.949. The summed E-state index contributed by atoms with van der Waals surface area (Å²) in [6, 6.07) is -0.0403. The lowest BCUT2D eigenvalue weighted by Gasteiger charge is -2.06. The van der Waals surface area contributed by atoms with Gasteiger partial charge in [0.25, 0.3) is 0 Å². The molecule has 6 heteroatoms. The van der Waals surface area contributed by atoms with Crippen LogP contribution in [0, 0.1) is 0 Å². The molecule has 1 saturated carbocycles. The fraction of sp³-hybridized carbons (Fsp3) is 0.778. The molecule has 3 amide bonds. The molecule has 1 rings (SSSR count). The molecule has 0 radical (unpaired) electrons. The first kappa shape index (κ1) is 12.3. The van der Waals surface area contributed by atoms with E-state index in [1.807, 2.05) is 6.92 Å². The van der Waals surface area contributed by atoms with E-state index >= 15 is 0 Å². The molecule has 0 aromatic heterocycles. The molecular weight excluding hydrogens is 214 g/mol. The lowest BCUT2D eigenvalue weighted by Crippen LogP contribution is -2.41. The van der Waals surface area contributed by atoms with E-state index in [1.54, 1.807) is 0 Å². The zero-order chi connectivity index (χ0) is 11.3. The quantitative estimate of drug-likeness (QED) is 0.624. The SMILES string of the molecule is CC(N)CSCC(=O)NC(=O)NC1CC1. The van der Waals surface area contributed by atoms with Gasteiger partial charge in [0.05, 0.1) is 5.75 Å². The zero-order valence-corrected chi connectivity index (χ0v) is 9.60. The molecule has 0 aromatic rings. The Bertz CT molecular complexity index is 242. The second-order valence-electron chi connectivity index (χ2n) is 3.79. The van der Waals surface area contributed by atoms with Gasteiger partial charge in [-0.3, -0.25) is 10.1 Å². The maximum absolute atomic E-state index is 11.2. The first-order valence-electron chi connectivity index (χ1n) is 5.01. The molecule has 15 heavy (non-hydrogen) atoms. The van der Waals surface area contributed by atoms with Gasteiger partial charge in [-0.1, -0.05) is 0 Å². The van der Waals surface area contributed by atoms with Gasteiger partial charge in [-0.25, -0.2) is 4.79 Å². The van der Waals surface area contributed by atoms with Crippen molar-refractivity contribution in [2.45, 2.75) is 31.8 Å². The number of rotatable bonds is 5. The standard InChI is InChI=1S/C9H17N3O2S/c1-6(10)4-15-5-8(13)12-9(14)11-7-2-3-7/h6-7H,2-5,10H2,1H3,(H2,11,12,13,14). The van der Waals surface area contributed by atoms with Gasteiger partial charge >= 0.3 is 6.03 Å². The first-order chi connectivity index (χ1) is 7.08. The van der Waals surface area contributed by atoms with E-state index in [1.165, 1.54) is 11.8 Å². The van der Waals surface area contributed by atoms with Crippen LogP contribution in [0.5, 0.6) is 0 Å². The maximum atomic E-state index is 11.2. The maximum Gasteiger partial charge on any atom is 0.321 e. The fourth-order valence-corrected chi connectivity index (χ4v) is 1.70. The van der Waals surface area contributed by atoms with Crippen LogP contribution in [0.15, 0.2) is 0 Å². The van der Waals surface area contributed by atoms with E-state index in [-0.39, 0.29) is 29.8 Å². The van der Waals surface area contributed by atoms with Crippen molar-refractivity contribution in [3.8, 4) is 0 Å². The summed E-state index contributed by atoms with van der Waals surface area (Å²) in [6.45, 7) is 1.88. The van der Waals surface area contributed by atoms with Crippen LogP contribution >= 0.6 is 11.8 Å². The predicted octanol–water partition coefficient (Wildman–Crippen LogP) is 0.0550. The summed E-state index contributed by atoms with van der Waals surface area (Å²) in [4.78, 5) is 22.3. The van der Waals surface area contributed by atoms with E-state index in [2.05, 4.69) is 10.6 Å². The number of amides is 3. The molecule has 1 unspecified atom stereocenters. The van der Waals surface area contributed by atoms with Crippen molar-refractivity contribution in [3.63, 3.8) is 0 Å². The second kappa shape index (κ2) is 5.97. The Kier molecular flexibility index (Phi) is 4.90. The average Bonchev–Trinajstić information content (AvgIpc) is 2.86. The Labute approximate surface area is 93.5 Å². The highest BCUT2D eigenvalue weighted by Crippen LogP contribution is 2.18. The summed E-state index contributed by atoms with van der Waals surface area (Å²) in [5.74, 6) is 0.732. The first-order valence-corrected chi connectivity index (χ1v) is 6.17. The normalized spacial score (nSPS) is 16.9. The molecule has 86 valence electrons. The molecule has 0 aliphatic heterocycles. The highest BCUT2D eigenvalue weighted by molar-refractivity contribution is 8.00. The summed E-state index contributed by atoms with van der Waals surface area (Å²) in [7, 11) is 0. The molecule has 5 nitrogen and oxygen atoms in total. The molecule has 1 fully saturated rings. The van der Waals surface area contributed by atoms with Gasteiger partial charge in [-0.05, 0) is 19.8 Å². The monoisotopic (exact) mass is 231 g/mol. The van der Waals surface area contributed by atoms with Crippen molar-refractivity contribution >= 4 is 23.7 Å². The number of hydrogen-bond donors (Lipinski definition) is 3. The number of thioether (sulfide) groups is 1. The van der Waals surface area contributed by atoms with Crippen LogP contribution in [0.25, 0.3) is 0 Å². The van der Waals surface area contributed by atoms with E-state index < -0.39 is 0 Å². The largest absolute Gasteiger partial charge is 0.335 e. The van der Waals surface area contributed by atoms with Crippen LogP contribution in [-0.2, 0) is 4.79 Å². The average molecular weight is 231 g/mol. The molecule has 0 spiro atoms. The lowest BCUT2D eigenvalue weighted by molar-refractivity contribution is -0.117. The number of imide groups is 1. The van der Waals surface area contributed by atoms with Crippen molar-refractivity contribution in [2.75, 3.05) is 11.5 Å². The number of nitrogens with one attached hydrogen (secondary N) is 2. The van der Waals surface area contributed by atoms with Crippen molar-refractivity contribution in [3.05, 3.63) is 0 Å². The van der Waals surface area contributed by atoms with E-state index in [0.29, 0.717) is 0 Å². The zero-order valence-electron chi connectivity index (χ0n) is 8.79. The molecule has 1 aliphatic carbocycles. The number of hydrogen-bond acceptors (Lipinski definition) is 4. The van der Waals surface area contributed by atoms with Gasteiger partial charge in [0.15, 0.2) is 0 Å². The summed E-state index contributed by atoms with van der Waals surface area (Å²) < 4.78 is 0. The minimum atomic E-state index is -0.385. The van der Waals surface area contributed by atoms with Gasteiger partial charge in [-0.2, -0.15) is 11.8 Å². The van der Waals surface area contributed by atoms with Gasteiger partial charge in [0.1, 0.15) is 0 Å². The van der Waals surface area contributed by atoms with Crippen LogP contribution in [-0.4, -0.2) is 35.5 Å². The molecular formula is C9H17N3O2S. The topological polar surface area (TPSA) is 84.2 Å². The summed E-state index contributed by atoms with van der Waals surface area (Å²) in [5.41, 5.74) is 5.52. The Morgan fingerprint density at radius 1 is 1.53 bits per heavy atom. The van der Waals surface area contributed by atoms with Crippen LogP contribution in [0.3, 0.4) is 0 Å². The van der Waals surface area contributed by atoms with Crippen molar-refractivity contribution in [1.82, 2.24) is 10.6 Å². The van der Waals surface area contributed by atoms with Crippen molar-refractivity contribution in [2.24, 2.45) is 5.73 Å². The van der Waals surface area contributed by atoms with Crippen LogP contribution in [0.4, 0.5) is 4.79 Å². The number of urea groups is 1. The highest BCUT2D eigenvalue weighted by atomic mass is 32.2. The summed E-state index contributed by atoms with van der Waals surface area (Å²) >= 11 is 1.43. The smallest absolute Gasteiger partial charge is 0.321 e. The Hall–Kier alpha value is -0.750. The van der Waals surface area contributed by atoms with Crippen LogP contribution < -0.4 is 16.4 Å². The van der Waals surface area contributed by atoms with Gasteiger partial charge < -0.3 is 11.1 Å². The van der Waals surface area contributed by atoms with E-state index in [9.17, 15) is 9.59 Å². The Morgan fingerprint density at radius 2 is 2.20 bits per heavy atom. The molecule has 1 aliphatic rings. The third-order valence-corrected chi connectivity index (χ3v) is 3.01. The third-order valence-electron chi connectivity index (χ3n) is 1.78. The van der Waals surface area contributed by atoms with Gasteiger partial charge in [0.2, 0.25) is 5.91 Å². The Balaban J connectivity index is 2.03. The number of nitrogens with two attached hydrogens (primary N) is 1. The number of carbonyl (C=O) groups excluding carboxylic acids is 2. The molecule has 0 saturated heterocycles. The molecule has 4 N–H and O–H groups in total. The van der Waals surface area contributed by atoms with Crippen LogP contribution in [0.1, 0.15) is 19.8 Å². The van der Waals surface area contributed by atoms with Crippen LogP contribution in [0.2, 0.25) is 0 Å². The summed E-state index contributed by atoms with van der Waals surface area (Å²) in [5, 5.41) is 4.95. The molecule has 1 atom stereocenters. The third kappa shape index (κ3) is 6.35. The lowest BCUT2D eigenvalue weighted by atomic mass is 10.4. The van der Waals surface area contributed by atoms with Crippen molar-refractivity contribution in [1.29, 1.82) is 0 Å². The summed E-state index contributed by atoms with van der Waals surface area (Å²) in [6.07, 6.45) is 2.03. The predicted molar refractivity (Wildman–Crippen MR) is 60.7 cm³/mol. The van der Waals surface area contributed by atoms with Gasteiger partial charge in [0, 0.05) is 17.8 Å². The number of carbonyl (C=O) groups is 2. The highest BCUT2D eigenvalue weighted by Gasteiger charge is 2.23. The van der Waals surface area contributed by atoms with E-state index in [0.717, 1.165) is 18.6 Å². The minimum Gasteiger partial charge on any atom is -0.335 e. The minimum absolute atomic E-state index is 0.0723. The van der Waals surface area contributed by atoms with Gasteiger partial charge in [-0.15, -0.1) is 0 Å². The molecule has 0 bridgehead atoms. The molecule has 0 aromatic carbocycles.